The minimum absolute atomic E-state index is 0.0156. The fraction of sp³-hybridized carbons (Fsp3) is 0.125. The normalized spacial score (nSPS) is 10.7. The van der Waals surface area contributed by atoms with E-state index in [0.717, 1.165) is 15.9 Å². The summed E-state index contributed by atoms with van der Waals surface area (Å²) in [5.74, 6) is -0.0156. The Morgan fingerprint density at radius 1 is 1.10 bits per heavy atom. The Hall–Kier alpha value is -2.20. The van der Waals surface area contributed by atoms with Crippen LogP contribution in [0.5, 0.6) is 0 Å². The van der Waals surface area contributed by atoms with Crippen molar-refractivity contribution in [2.45, 2.75) is 0 Å². The summed E-state index contributed by atoms with van der Waals surface area (Å²) in [5, 5.41) is 0.544. The van der Waals surface area contributed by atoms with Gasteiger partial charge in [-0.15, -0.1) is 11.3 Å². The highest BCUT2D eigenvalue weighted by molar-refractivity contribution is 7.20. The first kappa shape index (κ1) is 12.8. The smallest absolute Gasteiger partial charge is 0.221 e. The van der Waals surface area contributed by atoms with E-state index in [4.69, 9.17) is 0 Å². The van der Waals surface area contributed by atoms with Crippen molar-refractivity contribution >= 4 is 33.0 Å². The lowest BCUT2D eigenvalue weighted by molar-refractivity contribution is 0.103. The van der Waals surface area contributed by atoms with Gasteiger partial charge in [0.25, 0.3) is 0 Å². The van der Waals surface area contributed by atoms with E-state index in [9.17, 15) is 4.79 Å². The van der Waals surface area contributed by atoms with Crippen LogP contribution in [0.1, 0.15) is 15.4 Å². The number of nitrogens with zero attached hydrogens (tertiary/aromatic N) is 2. The molecule has 1 heterocycles. The van der Waals surface area contributed by atoms with Crippen molar-refractivity contribution in [2.75, 3.05) is 19.0 Å². The standard InChI is InChI=1S/C16H14N2OS/c1-18(2)12-8-9-13-14(10-12)20-16(17-13)15(19)11-6-4-3-5-7-11/h3-10H,1-2H3. The molecule has 0 atom stereocenters. The third-order valence-corrected chi connectivity index (χ3v) is 4.14. The number of thiazole rings is 1. The van der Waals surface area contributed by atoms with Crippen molar-refractivity contribution in [2.24, 2.45) is 0 Å². The summed E-state index contributed by atoms with van der Waals surface area (Å²) in [6.45, 7) is 0. The third kappa shape index (κ3) is 2.30. The van der Waals surface area contributed by atoms with Crippen molar-refractivity contribution in [3.63, 3.8) is 0 Å². The minimum Gasteiger partial charge on any atom is -0.378 e. The number of carbonyl (C=O) groups is 1. The zero-order valence-corrected chi connectivity index (χ0v) is 12.1. The van der Waals surface area contributed by atoms with Crippen LogP contribution in [0.15, 0.2) is 48.5 Å². The monoisotopic (exact) mass is 282 g/mol. The first-order valence-electron chi connectivity index (χ1n) is 6.33. The maximum Gasteiger partial charge on any atom is 0.221 e. The lowest BCUT2D eigenvalue weighted by atomic mass is 10.1. The van der Waals surface area contributed by atoms with Crippen LogP contribution in [0.2, 0.25) is 0 Å². The van der Waals surface area contributed by atoms with E-state index in [1.54, 1.807) is 0 Å². The van der Waals surface area contributed by atoms with Crippen LogP contribution in [0.25, 0.3) is 10.2 Å². The fourth-order valence-electron chi connectivity index (χ4n) is 2.00. The van der Waals surface area contributed by atoms with Gasteiger partial charge >= 0.3 is 0 Å². The average Bonchev–Trinajstić information content (AvgIpc) is 2.90. The molecule has 0 bridgehead atoms. The van der Waals surface area contributed by atoms with E-state index in [0.29, 0.717) is 10.6 Å². The highest BCUT2D eigenvalue weighted by Gasteiger charge is 2.14. The Bertz CT molecular complexity index is 763. The summed E-state index contributed by atoms with van der Waals surface area (Å²) in [4.78, 5) is 18.9. The number of carbonyl (C=O) groups excluding carboxylic acids is 1. The maximum absolute atomic E-state index is 12.4. The summed E-state index contributed by atoms with van der Waals surface area (Å²) < 4.78 is 1.04. The number of fused-ring (bicyclic) bond motifs is 1. The van der Waals surface area contributed by atoms with Gasteiger partial charge in [0.2, 0.25) is 5.78 Å². The number of benzene rings is 2. The molecule has 2 aromatic carbocycles. The van der Waals surface area contributed by atoms with Crippen LogP contribution < -0.4 is 4.90 Å². The Labute approximate surface area is 121 Å². The summed E-state index contributed by atoms with van der Waals surface area (Å²) in [6.07, 6.45) is 0. The molecule has 0 saturated heterocycles. The van der Waals surface area contributed by atoms with Crippen LogP contribution in [0, 0.1) is 0 Å². The van der Waals surface area contributed by atoms with E-state index < -0.39 is 0 Å². The van der Waals surface area contributed by atoms with Crippen molar-refractivity contribution < 1.29 is 4.79 Å². The van der Waals surface area contributed by atoms with Gasteiger partial charge in [0, 0.05) is 25.3 Å². The van der Waals surface area contributed by atoms with E-state index in [-0.39, 0.29) is 5.78 Å². The molecule has 0 amide bonds. The lowest BCUT2D eigenvalue weighted by Crippen LogP contribution is -2.07. The average molecular weight is 282 g/mol. The van der Waals surface area contributed by atoms with Gasteiger partial charge in [0.1, 0.15) is 0 Å². The van der Waals surface area contributed by atoms with Crippen LogP contribution >= 0.6 is 11.3 Å². The molecule has 4 heteroatoms. The Morgan fingerprint density at radius 2 is 1.85 bits per heavy atom. The van der Waals surface area contributed by atoms with Gasteiger partial charge in [-0.3, -0.25) is 4.79 Å². The van der Waals surface area contributed by atoms with Gasteiger partial charge in [-0.05, 0) is 18.2 Å². The van der Waals surface area contributed by atoms with E-state index in [2.05, 4.69) is 11.1 Å². The second kappa shape index (κ2) is 5.06. The van der Waals surface area contributed by atoms with Crippen LogP contribution in [-0.2, 0) is 0 Å². The Kier molecular flexibility index (Phi) is 3.24. The molecule has 0 radical (unpaired) electrons. The van der Waals surface area contributed by atoms with Gasteiger partial charge in [0.15, 0.2) is 5.01 Å². The summed E-state index contributed by atoms with van der Waals surface area (Å²) in [7, 11) is 4.00. The molecule has 20 heavy (non-hydrogen) atoms. The minimum atomic E-state index is -0.0156. The van der Waals surface area contributed by atoms with Gasteiger partial charge in [-0.1, -0.05) is 30.3 Å². The third-order valence-electron chi connectivity index (χ3n) is 3.12. The summed E-state index contributed by atoms with van der Waals surface area (Å²) in [6, 6.07) is 15.3. The second-order valence-corrected chi connectivity index (χ2v) is 5.79. The zero-order valence-electron chi connectivity index (χ0n) is 11.3. The lowest BCUT2D eigenvalue weighted by Gasteiger charge is -2.11. The van der Waals surface area contributed by atoms with Crippen molar-refractivity contribution in [3.05, 3.63) is 59.1 Å². The number of anilines is 1. The molecule has 0 fully saturated rings. The zero-order chi connectivity index (χ0) is 14.1. The highest BCUT2D eigenvalue weighted by Crippen LogP contribution is 2.27. The number of ketones is 1. The molecule has 0 saturated carbocycles. The van der Waals surface area contributed by atoms with Crippen LogP contribution in [0.4, 0.5) is 5.69 Å². The van der Waals surface area contributed by atoms with Crippen LogP contribution in [-0.4, -0.2) is 24.9 Å². The van der Waals surface area contributed by atoms with E-state index in [1.165, 1.54) is 11.3 Å². The number of hydrogen-bond donors (Lipinski definition) is 0. The van der Waals surface area contributed by atoms with Crippen molar-refractivity contribution in [1.29, 1.82) is 0 Å². The Balaban J connectivity index is 2.03. The molecule has 0 unspecified atom stereocenters. The first-order valence-corrected chi connectivity index (χ1v) is 7.14. The van der Waals surface area contributed by atoms with Gasteiger partial charge < -0.3 is 4.90 Å². The number of aromatic nitrogens is 1. The Morgan fingerprint density at radius 3 is 2.55 bits per heavy atom. The molecule has 0 aliphatic carbocycles. The molecule has 0 spiro atoms. The second-order valence-electron chi connectivity index (χ2n) is 4.76. The molecule has 3 aromatic rings. The predicted molar refractivity (Wildman–Crippen MR) is 83.8 cm³/mol. The molecule has 0 aliphatic heterocycles. The van der Waals surface area contributed by atoms with Gasteiger partial charge in [-0.2, -0.15) is 0 Å². The summed E-state index contributed by atoms with van der Waals surface area (Å²) >= 11 is 1.44. The SMILES string of the molecule is CN(C)c1ccc2nc(C(=O)c3ccccc3)sc2c1. The van der Waals surface area contributed by atoms with Crippen molar-refractivity contribution in [1.82, 2.24) is 4.98 Å². The van der Waals surface area contributed by atoms with E-state index in [1.807, 2.05) is 61.5 Å². The molecule has 3 nitrogen and oxygen atoms in total. The maximum atomic E-state index is 12.4. The summed E-state index contributed by atoms with van der Waals surface area (Å²) in [5.41, 5.74) is 2.67. The number of rotatable bonds is 3. The topological polar surface area (TPSA) is 33.2 Å². The largest absolute Gasteiger partial charge is 0.378 e. The fourth-order valence-corrected chi connectivity index (χ4v) is 2.96. The molecule has 3 rings (SSSR count). The molecule has 100 valence electrons. The molecular formula is C16H14N2OS. The van der Waals surface area contributed by atoms with Gasteiger partial charge in [-0.25, -0.2) is 4.98 Å². The van der Waals surface area contributed by atoms with Crippen LogP contribution in [0.3, 0.4) is 0 Å². The quantitative estimate of drug-likeness (QED) is 0.688. The number of hydrogen-bond acceptors (Lipinski definition) is 4. The molecule has 1 aromatic heterocycles. The van der Waals surface area contributed by atoms with Crippen molar-refractivity contribution in [3.8, 4) is 0 Å². The molecular weight excluding hydrogens is 268 g/mol. The molecule has 0 N–H and O–H groups in total. The molecule has 0 aliphatic rings. The first-order chi connectivity index (χ1) is 9.65. The highest BCUT2D eigenvalue weighted by atomic mass is 32.1. The van der Waals surface area contributed by atoms with E-state index >= 15 is 0 Å². The predicted octanol–water partition coefficient (Wildman–Crippen LogP) is 3.59. The van der Waals surface area contributed by atoms with Gasteiger partial charge in [0.05, 0.1) is 10.2 Å².